The molecule has 0 fully saturated rings. The number of rotatable bonds is 2. The first-order chi connectivity index (χ1) is 7.00. The van der Waals surface area contributed by atoms with Gasteiger partial charge in [-0.25, -0.2) is 4.79 Å². The maximum atomic E-state index is 11.0. The summed E-state index contributed by atoms with van der Waals surface area (Å²) in [5.41, 5.74) is -0.570. The van der Waals surface area contributed by atoms with Crippen LogP contribution in [0, 0.1) is 10.1 Å². The number of hydrogen-bond acceptors (Lipinski definition) is 6. The van der Waals surface area contributed by atoms with Crippen LogP contribution in [0.25, 0.3) is 0 Å². The third-order valence-corrected chi connectivity index (χ3v) is 1.42. The zero-order valence-corrected chi connectivity index (χ0v) is 7.67. The lowest BCUT2D eigenvalue weighted by Gasteiger charge is -1.99. The second kappa shape index (κ2) is 4.27. The van der Waals surface area contributed by atoms with Crippen LogP contribution in [-0.4, -0.2) is 22.4 Å². The molecule has 0 radical (unpaired) electrons. The van der Waals surface area contributed by atoms with Crippen LogP contribution >= 0.6 is 0 Å². The van der Waals surface area contributed by atoms with Crippen molar-refractivity contribution in [1.82, 2.24) is 0 Å². The first-order valence-electron chi connectivity index (χ1n) is 3.85. The lowest BCUT2D eigenvalue weighted by molar-refractivity contribution is -0.418. The summed E-state index contributed by atoms with van der Waals surface area (Å²) < 4.78 is 0. The average molecular weight is 210 g/mol. The number of oxime groups is 1. The predicted molar refractivity (Wildman–Crippen MR) is 48.4 cm³/mol. The Morgan fingerprint density at radius 2 is 2.20 bits per heavy atom. The molecule has 0 aliphatic heterocycles. The molecule has 0 amide bonds. The van der Waals surface area contributed by atoms with Crippen molar-refractivity contribution in [3.8, 4) is 0 Å². The van der Waals surface area contributed by atoms with Crippen LogP contribution in [0.4, 0.5) is 0 Å². The molecule has 0 saturated carbocycles. The van der Waals surface area contributed by atoms with Crippen molar-refractivity contribution in [1.29, 1.82) is 0 Å². The number of nitro groups is 1. The van der Waals surface area contributed by atoms with Crippen molar-refractivity contribution in [2.24, 2.45) is 5.16 Å². The lowest BCUT2D eigenvalue weighted by Crippen LogP contribution is -2.15. The zero-order chi connectivity index (χ0) is 11.4. The van der Waals surface area contributed by atoms with Crippen molar-refractivity contribution < 1.29 is 19.3 Å². The van der Waals surface area contributed by atoms with E-state index in [0.29, 0.717) is 0 Å². The third kappa shape index (κ3) is 2.83. The summed E-state index contributed by atoms with van der Waals surface area (Å²) in [5.74, 6) is -1.37. The summed E-state index contributed by atoms with van der Waals surface area (Å²) in [6, 6.07) is 0. The van der Waals surface area contributed by atoms with Crippen molar-refractivity contribution in [2.75, 3.05) is 0 Å². The van der Waals surface area contributed by atoms with Gasteiger partial charge in [-0.1, -0.05) is 5.16 Å². The van der Waals surface area contributed by atoms with E-state index < -0.39 is 22.4 Å². The van der Waals surface area contributed by atoms with Crippen LogP contribution in [0.15, 0.2) is 29.1 Å². The first kappa shape index (κ1) is 10.8. The van der Waals surface area contributed by atoms with Gasteiger partial charge in [0.1, 0.15) is 5.71 Å². The highest BCUT2D eigenvalue weighted by Gasteiger charge is 2.23. The molecule has 7 heteroatoms. The van der Waals surface area contributed by atoms with Gasteiger partial charge in [0.2, 0.25) is 0 Å². The van der Waals surface area contributed by atoms with Crippen LogP contribution in [-0.2, 0) is 14.4 Å². The third-order valence-electron chi connectivity index (χ3n) is 1.42. The number of carbonyl (C=O) groups is 2. The molecule has 0 atom stereocenters. The van der Waals surface area contributed by atoms with E-state index in [-0.39, 0.29) is 5.71 Å². The van der Waals surface area contributed by atoms with Gasteiger partial charge < -0.3 is 4.84 Å². The smallest absolute Gasteiger partial charge is 0.318 e. The SMILES string of the molecule is CC(=O)O/N=C1/C=CC(=O)C([N+](=O)[O-])=C1. The molecule has 0 N–H and O–H groups in total. The fourth-order valence-corrected chi connectivity index (χ4v) is 0.822. The van der Waals surface area contributed by atoms with Gasteiger partial charge in [0.15, 0.2) is 0 Å². The number of ketones is 1. The Kier molecular flexibility index (Phi) is 3.06. The largest absolute Gasteiger partial charge is 0.331 e. The monoisotopic (exact) mass is 210 g/mol. The van der Waals surface area contributed by atoms with E-state index in [9.17, 15) is 19.7 Å². The summed E-state index contributed by atoms with van der Waals surface area (Å²) in [7, 11) is 0. The Balaban J connectivity index is 2.91. The number of nitrogens with zero attached hydrogens (tertiary/aromatic N) is 2. The van der Waals surface area contributed by atoms with Gasteiger partial charge in [0.05, 0.1) is 4.92 Å². The van der Waals surface area contributed by atoms with E-state index in [4.69, 9.17) is 0 Å². The number of hydrogen-bond donors (Lipinski definition) is 0. The van der Waals surface area contributed by atoms with E-state index in [2.05, 4.69) is 9.99 Å². The first-order valence-corrected chi connectivity index (χ1v) is 3.85. The quantitative estimate of drug-likeness (QED) is 0.280. The standard InChI is InChI=1S/C8H6N2O5/c1-5(11)15-9-6-2-3-8(12)7(4-6)10(13)14/h2-4H,1H3/b9-6-. The van der Waals surface area contributed by atoms with Crippen molar-refractivity contribution >= 4 is 17.5 Å². The minimum Gasteiger partial charge on any atom is -0.318 e. The Labute approximate surface area is 83.8 Å². The molecule has 78 valence electrons. The summed E-state index contributed by atoms with van der Waals surface area (Å²) in [5, 5.41) is 13.7. The molecule has 0 unspecified atom stereocenters. The van der Waals surface area contributed by atoms with E-state index in [1.54, 1.807) is 0 Å². The molecule has 15 heavy (non-hydrogen) atoms. The minimum atomic E-state index is -0.824. The molecular formula is C8H6N2O5. The molecule has 1 aliphatic carbocycles. The topological polar surface area (TPSA) is 98.9 Å². The highest BCUT2D eigenvalue weighted by molar-refractivity contribution is 6.18. The van der Waals surface area contributed by atoms with Gasteiger partial charge in [-0.3, -0.25) is 14.9 Å². The molecule has 0 saturated heterocycles. The van der Waals surface area contributed by atoms with E-state index in [0.717, 1.165) is 19.1 Å². The molecular weight excluding hydrogens is 204 g/mol. The summed E-state index contributed by atoms with van der Waals surface area (Å²) in [4.78, 5) is 35.2. The van der Waals surface area contributed by atoms with Crippen molar-refractivity contribution in [3.05, 3.63) is 34.0 Å². The predicted octanol–water partition coefficient (Wildman–Crippen LogP) is 0.205. The summed E-state index contributed by atoms with van der Waals surface area (Å²) in [6.07, 6.45) is 3.14. The Bertz CT molecular complexity index is 419. The maximum absolute atomic E-state index is 11.0. The maximum Gasteiger partial charge on any atom is 0.331 e. The van der Waals surface area contributed by atoms with Crippen molar-refractivity contribution in [2.45, 2.75) is 6.92 Å². The van der Waals surface area contributed by atoms with E-state index in [1.165, 1.54) is 6.08 Å². The summed E-state index contributed by atoms with van der Waals surface area (Å²) in [6.45, 7) is 1.14. The average Bonchev–Trinajstić information content (AvgIpc) is 2.16. The zero-order valence-electron chi connectivity index (χ0n) is 7.67. The van der Waals surface area contributed by atoms with Gasteiger partial charge in [-0.2, -0.15) is 0 Å². The molecule has 0 aromatic rings. The van der Waals surface area contributed by atoms with Crippen molar-refractivity contribution in [3.63, 3.8) is 0 Å². The second-order valence-electron chi connectivity index (χ2n) is 2.58. The van der Waals surface area contributed by atoms with Crippen LogP contribution in [0.1, 0.15) is 6.92 Å². The highest BCUT2D eigenvalue weighted by Crippen LogP contribution is 2.06. The fourth-order valence-electron chi connectivity index (χ4n) is 0.822. The highest BCUT2D eigenvalue weighted by atomic mass is 16.7. The van der Waals surface area contributed by atoms with Gasteiger partial charge in [-0.15, -0.1) is 0 Å². The fraction of sp³-hybridized carbons (Fsp3) is 0.125. The van der Waals surface area contributed by atoms with E-state index >= 15 is 0 Å². The molecule has 0 aromatic carbocycles. The van der Waals surface area contributed by atoms with Gasteiger partial charge in [0.25, 0.3) is 5.78 Å². The molecule has 0 spiro atoms. The summed E-state index contributed by atoms with van der Waals surface area (Å²) >= 11 is 0. The molecule has 1 rings (SSSR count). The van der Waals surface area contributed by atoms with Crippen LogP contribution in [0.5, 0.6) is 0 Å². The Morgan fingerprint density at radius 3 is 2.73 bits per heavy atom. The number of carbonyl (C=O) groups excluding carboxylic acids is 2. The molecule has 0 bridgehead atoms. The van der Waals surface area contributed by atoms with Gasteiger partial charge >= 0.3 is 11.7 Å². The minimum absolute atomic E-state index is 0.0384. The lowest BCUT2D eigenvalue weighted by atomic mass is 10.1. The van der Waals surface area contributed by atoms with Crippen LogP contribution in [0.2, 0.25) is 0 Å². The second-order valence-corrected chi connectivity index (χ2v) is 2.58. The Hall–Kier alpha value is -2.31. The molecule has 1 aliphatic rings. The van der Waals surface area contributed by atoms with Crippen LogP contribution in [0.3, 0.4) is 0 Å². The van der Waals surface area contributed by atoms with Crippen LogP contribution < -0.4 is 0 Å². The van der Waals surface area contributed by atoms with E-state index in [1.807, 2.05) is 0 Å². The molecule has 0 heterocycles. The van der Waals surface area contributed by atoms with Gasteiger partial charge in [0, 0.05) is 13.0 Å². The Morgan fingerprint density at radius 1 is 1.53 bits per heavy atom. The van der Waals surface area contributed by atoms with Gasteiger partial charge in [-0.05, 0) is 12.2 Å². The number of allylic oxidation sites excluding steroid dienone is 3. The molecule has 0 aromatic heterocycles. The molecule has 7 nitrogen and oxygen atoms in total. The normalized spacial score (nSPS) is 17.5.